The normalized spacial score (nSPS) is 48.6. The largest absolute Gasteiger partial charge is 0.469 e. The molecule has 0 unspecified atom stereocenters. The van der Waals surface area contributed by atoms with E-state index >= 15 is 0 Å². The second kappa shape index (κ2) is 7.64. The number of ether oxygens (including phenoxy) is 2. The fraction of sp³-hybridized carbons (Fsp3) is 0.679. The first-order valence-electron chi connectivity index (χ1n) is 12.6. The van der Waals surface area contributed by atoms with Gasteiger partial charge in [0.25, 0.3) is 0 Å². The van der Waals surface area contributed by atoms with Crippen LogP contribution in [0.5, 0.6) is 0 Å². The lowest BCUT2D eigenvalue weighted by Gasteiger charge is -2.47. The number of allylic oxidation sites excluding steroid dienone is 3. The van der Waals surface area contributed by atoms with Crippen molar-refractivity contribution in [2.24, 2.45) is 46.3 Å². The Hall–Kier alpha value is -2.21. The molecule has 0 aromatic rings. The highest BCUT2D eigenvalue weighted by Crippen LogP contribution is 2.78. The van der Waals surface area contributed by atoms with E-state index in [1.54, 1.807) is 0 Å². The van der Waals surface area contributed by atoms with Crippen LogP contribution >= 0.6 is 0 Å². The molecule has 4 aliphatic carbocycles. The van der Waals surface area contributed by atoms with E-state index in [0.717, 1.165) is 6.42 Å². The van der Waals surface area contributed by atoms with Crippen molar-refractivity contribution in [3.8, 4) is 0 Å². The molecule has 1 N–H and O–H groups in total. The van der Waals surface area contributed by atoms with Crippen molar-refractivity contribution in [1.29, 1.82) is 0 Å². The number of hydrogen-bond donors (Lipinski definition) is 1. The minimum absolute atomic E-state index is 0.125. The second-order valence-electron chi connectivity index (χ2n) is 11.5. The molecule has 184 valence electrons. The third kappa shape index (κ3) is 2.75. The average molecular weight is 469 g/mol. The summed E-state index contributed by atoms with van der Waals surface area (Å²) in [6.45, 7) is 10.0. The topological polar surface area (TPSA) is 89.9 Å². The zero-order valence-corrected chi connectivity index (χ0v) is 20.6. The number of rotatable bonds is 5. The van der Waals surface area contributed by atoms with Crippen molar-refractivity contribution in [2.75, 3.05) is 7.11 Å². The van der Waals surface area contributed by atoms with Crippen LogP contribution in [0, 0.1) is 46.3 Å². The van der Waals surface area contributed by atoms with Gasteiger partial charge < -0.3 is 14.6 Å². The van der Waals surface area contributed by atoms with Crippen LogP contribution in [0.15, 0.2) is 36.5 Å². The molecule has 10 atom stereocenters. The van der Waals surface area contributed by atoms with Gasteiger partial charge in [-0.05, 0) is 49.9 Å². The van der Waals surface area contributed by atoms with Crippen molar-refractivity contribution in [2.45, 2.75) is 64.6 Å². The summed E-state index contributed by atoms with van der Waals surface area (Å²) in [5, 5.41) is 12.0. The Kier molecular flexibility index (Phi) is 5.29. The number of carbonyl (C=O) groups excluding carboxylic acids is 3. The van der Waals surface area contributed by atoms with E-state index < -0.39 is 28.5 Å². The monoisotopic (exact) mass is 468 g/mol. The molecule has 0 radical (unpaired) electrons. The lowest BCUT2D eigenvalue weighted by atomic mass is 9.59. The van der Waals surface area contributed by atoms with Crippen molar-refractivity contribution < 1.29 is 29.0 Å². The molecule has 6 heteroatoms. The molecule has 4 fully saturated rings. The average Bonchev–Trinajstić information content (AvgIpc) is 3.41. The number of carbonyl (C=O) groups is 3. The fourth-order valence-corrected chi connectivity index (χ4v) is 8.77. The van der Waals surface area contributed by atoms with Gasteiger partial charge in [0.05, 0.1) is 12.7 Å². The van der Waals surface area contributed by atoms with Gasteiger partial charge in [-0.1, -0.05) is 44.7 Å². The number of esters is 2. The number of ketones is 1. The van der Waals surface area contributed by atoms with Gasteiger partial charge in [0, 0.05) is 41.1 Å². The highest BCUT2D eigenvalue weighted by atomic mass is 16.6. The van der Waals surface area contributed by atoms with E-state index in [0.29, 0.717) is 24.8 Å². The molecular formula is C28H36O6. The number of aliphatic hydroxyl groups is 1. The highest BCUT2D eigenvalue weighted by Gasteiger charge is 2.81. The van der Waals surface area contributed by atoms with Crippen LogP contribution < -0.4 is 0 Å². The Bertz CT molecular complexity index is 1010. The first-order valence-corrected chi connectivity index (χ1v) is 12.6. The Labute approximate surface area is 201 Å². The Morgan fingerprint density at radius 2 is 2.03 bits per heavy atom. The van der Waals surface area contributed by atoms with E-state index in [-0.39, 0.29) is 53.7 Å². The summed E-state index contributed by atoms with van der Waals surface area (Å²) in [7, 11) is 1.38. The van der Waals surface area contributed by atoms with Gasteiger partial charge in [0.2, 0.25) is 0 Å². The van der Waals surface area contributed by atoms with Crippen molar-refractivity contribution in [3.05, 3.63) is 36.5 Å². The van der Waals surface area contributed by atoms with Crippen molar-refractivity contribution in [3.63, 3.8) is 0 Å². The zero-order valence-electron chi connectivity index (χ0n) is 20.6. The lowest BCUT2D eigenvalue weighted by Crippen LogP contribution is -2.54. The standard InChI is InChI=1S/C28H36O6/c1-6-7-8-9-17-18(14-19(29)33-5)20-21(22(17)30)28-13-12-26(20,3)24(28)23-16(10-11-27(28,4)32)15(2)25(31)34-23/h7-8,12-13,16-18,20-21,23-24,32H,2,6,9-11,14H2,1,3-5H3/b8-7-/t16-,17-,18+,20-,21-,23-,24-,26-,27+,28-/m0/s1. The van der Waals surface area contributed by atoms with Gasteiger partial charge >= 0.3 is 11.9 Å². The maximum atomic E-state index is 14.2. The predicted molar refractivity (Wildman–Crippen MR) is 125 cm³/mol. The van der Waals surface area contributed by atoms with Gasteiger partial charge in [-0.25, -0.2) is 4.79 Å². The first-order chi connectivity index (χ1) is 16.0. The summed E-state index contributed by atoms with van der Waals surface area (Å²) in [5.74, 6) is -2.02. The summed E-state index contributed by atoms with van der Waals surface area (Å²) < 4.78 is 11.0. The highest BCUT2D eigenvalue weighted by molar-refractivity contribution is 5.92. The molecule has 1 aliphatic heterocycles. The van der Waals surface area contributed by atoms with Crippen LogP contribution in [0.1, 0.15) is 52.9 Å². The van der Waals surface area contributed by atoms with Gasteiger partial charge in [0.15, 0.2) is 0 Å². The molecule has 5 aliphatic rings. The Balaban J connectivity index is 1.66. The quantitative estimate of drug-likeness (QED) is 0.375. The van der Waals surface area contributed by atoms with Crippen molar-refractivity contribution in [1.82, 2.24) is 0 Å². The molecule has 34 heavy (non-hydrogen) atoms. The van der Waals surface area contributed by atoms with Gasteiger partial charge in [-0.15, -0.1) is 0 Å². The fourth-order valence-electron chi connectivity index (χ4n) is 8.77. The second-order valence-corrected chi connectivity index (χ2v) is 11.5. The number of methoxy groups -OCH3 is 1. The minimum Gasteiger partial charge on any atom is -0.469 e. The Morgan fingerprint density at radius 1 is 1.29 bits per heavy atom. The lowest BCUT2D eigenvalue weighted by molar-refractivity contribution is -0.153. The van der Waals surface area contributed by atoms with Crippen LogP contribution in [0.25, 0.3) is 0 Å². The van der Waals surface area contributed by atoms with E-state index in [1.165, 1.54) is 7.11 Å². The summed E-state index contributed by atoms with van der Waals surface area (Å²) in [5.41, 5.74) is -2.02. The predicted octanol–water partition coefficient (Wildman–Crippen LogP) is 3.79. The maximum absolute atomic E-state index is 14.2. The van der Waals surface area contributed by atoms with E-state index in [1.807, 2.05) is 13.0 Å². The van der Waals surface area contributed by atoms with E-state index in [4.69, 9.17) is 9.47 Å². The molecule has 5 rings (SSSR count). The third-order valence-electron chi connectivity index (χ3n) is 10.1. The summed E-state index contributed by atoms with van der Waals surface area (Å²) >= 11 is 0. The van der Waals surface area contributed by atoms with Crippen LogP contribution in [0.3, 0.4) is 0 Å². The Morgan fingerprint density at radius 3 is 2.71 bits per heavy atom. The number of hydrogen-bond acceptors (Lipinski definition) is 6. The maximum Gasteiger partial charge on any atom is 0.334 e. The molecular weight excluding hydrogens is 432 g/mol. The third-order valence-corrected chi connectivity index (χ3v) is 10.1. The van der Waals surface area contributed by atoms with Gasteiger partial charge in [0.1, 0.15) is 11.9 Å². The van der Waals surface area contributed by atoms with Gasteiger partial charge in [-0.2, -0.15) is 0 Å². The molecule has 0 amide bonds. The molecule has 1 saturated heterocycles. The minimum atomic E-state index is -1.15. The molecule has 0 aromatic carbocycles. The van der Waals surface area contributed by atoms with E-state index in [2.05, 4.69) is 38.7 Å². The zero-order chi connectivity index (χ0) is 24.6. The van der Waals surface area contributed by atoms with Crippen molar-refractivity contribution >= 4 is 17.7 Å². The first kappa shape index (κ1) is 23.5. The number of fused-ring (bicyclic) bond motifs is 3. The van der Waals surface area contributed by atoms with Crippen LogP contribution in [-0.4, -0.2) is 41.6 Å². The number of Topliss-reactive ketones (excluding diaryl/α,β-unsaturated/α-hetero) is 1. The summed E-state index contributed by atoms with van der Waals surface area (Å²) in [4.78, 5) is 39.3. The molecule has 6 nitrogen and oxygen atoms in total. The molecule has 3 saturated carbocycles. The molecule has 1 heterocycles. The smallest absolute Gasteiger partial charge is 0.334 e. The van der Waals surface area contributed by atoms with Crippen LogP contribution in [0.2, 0.25) is 0 Å². The molecule has 0 aromatic heterocycles. The molecule has 0 spiro atoms. The van der Waals surface area contributed by atoms with E-state index in [9.17, 15) is 19.5 Å². The molecule has 2 bridgehead atoms. The van der Waals surface area contributed by atoms with Crippen LogP contribution in [0.4, 0.5) is 0 Å². The van der Waals surface area contributed by atoms with Crippen LogP contribution in [-0.2, 0) is 23.9 Å². The summed E-state index contributed by atoms with van der Waals surface area (Å²) in [6, 6.07) is 0. The summed E-state index contributed by atoms with van der Waals surface area (Å²) in [6.07, 6.45) is 10.6. The van der Waals surface area contributed by atoms with Gasteiger partial charge in [-0.3, -0.25) is 9.59 Å². The SMILES string of the molecule is C=C1C(=O)O[C@H]2[C@H]1CC[C@@](C)(O)[C@@]13C=C[C@@](C)([C@H]4[C@H](CC(=O)OC)[C@H](C/C=C\CC)C(=O)[C@H]41)[C@H]23.